The predicted octanol–water partition coefficient (Wildman–Crippen LogP) is 0.176. The summed E-state index contributed by atoms with van der Waals surface area (Å²) in [6, 6.07) is 0. The molecule has 0 aromatic rings. The quantitative estimate of drug-likeness (QED) is 0.380. The zero-order valence-electron chi connectivity index (χ0n) is 5.23. The summed E-state index contributed by atoms with van der Waals surface area (Å²) in [5.74, 6) is 0. The molecule has 0 spiro atoms. The van der Waals surface area contributed by atoms with E-state index in [1.165, 1.54) is 6.92 Å². The molecule has 0 radical (unpaired) electrons. The Bertz CT molecular complexity index is 98.0. The molecule has 0 bridgehead atoms. The highest BCUT2D eigenvalue weighted by Crippen LogP contribution is 1.57. The van der Waals surface area contributed by atoms with E-state index in [2.05, 4.69) is 0 Å². The SMILES string of the molecule is CC[N+](=O)[O-].C[N+](=O)[O-]. The molecule has 0 aliphatic heterocycles. The molecule has 6 heteroatoms. The van der Waals surface area contributed by atoms with Gasteiger partial charge in [0.25, 0.3) is 0 Å². The third kappa shape index (κ3) is 245. The first kappa shape index (κ1) is 10.7. The van der Waals surface area contributed by atoms with Gasteiger partial charge >= 0.3 is 0 Å². The van der Waals surface area contributed by atoms with E-state index in [1.807, 2.05) is 0 Å². The number of nitro groups is 2. The van der Waals surface area contributed by atoms with Crippen molar-refractivity contribution in [1.82, 2.24) is 0 Å². The fourth-order valence-electron chi connectivity index (χ4n) is 0. The van der Waals surface area contributed by atoms with Crippen LogP contribution in [0.4, 0.5) is 0 Å². The molecule has 0 atom stereocenters. The first-order valence-corrected chi connectivity index (χ1v) is 2.20. The topological polar surface area (TPSA) is 86.3 Å². The van der Waals surface area contributed by atoms with Crippen LogP contribution in [-0.2, 0) is 0 Å². The van der Waals surface area contributed by atoms with Crippen molar-refractivity contribution in [3.8, 4) is 0 Å². The van der Waals surface area contributed by atoms with Gasteiger partial charge in [0.15, 0.2) is 7.05 Å². The second-order valence-electron chi connectivity index (χ2n) is 1.09. The van der Waals surface area contributed by atoms with Crippen LogP contribution in [0.25, 0.3) is 0 Å². The van der Waals surface area contributed by atoms with Gasteiger partial charge in [-0.15, -0.1) is 0 Å². The van der Waals surface area contributed by atoms with Crippen molar-refractivity contribution >= 4 is 0 Å². The Balaban J connectivity index is 0. The van der Waals surface area contributed by atoms with E-state index in [4.69, 9.17) is 10.1 Å². The Hall–Kier alpha value is -1.20. The van der Waals surface area contributed by atoms with Gasteiger partial charge in [-0.1, -0.05) is 0 Å². The van der Waals surface area contributed by atoms with E-state index in [9.17, 15) is 10.1 Å². The largest absolute Gasteiger partial charge is 0.265 e. The zero-order chi connectivity index (χ0) is 7.86. The summed E-state index contributed by atoms with van der Waals surface area (Å²) in [6.07, 6.45) is 0. The number of rotatable bonds is 1. The molecule has 9 heavy (non-hydrogen) atoms. The fourth-order valence-corrected chi connectivity index (χ4v) is 0. The van der Waals surface area contributed by atoms with Gasteiger partial charge in [-0.2, -0.15) is 0 Å². The highest BCUT2D eigenvalue weighted by molar-refractivity contribution is 4.05. The van der Waals surface area contributed by atoms with E-state index < -0.39 is 4.92 Å². The van der Waals surface area contributed by atoms with Gasteiger partial charge in [0, 0.05) is 16.8 Å². The monoisotopic (exact) mass is 136 g/mol. The Morgan fingerprint density at radius 3 is 1.44 bits per heavy atom. The lowest BCUT2D eigenvalue weighted by atomic mass is 10.8. The molecule has 0 aromatic carbocycles. The molecule has 0 rings (SSSR count). The van der Waals surface area contributed by atoms with Crippen LogP contribution in [0, 0.1) is 20.2 Å². The van der Waals surface area contributed by atoms with Gasteiger partial charge in [0.05, 0.1) is 0 Å². The molecule has 0 aromatic heterocycles. The molecule has 54 valence electrons. The van der Waals surface area contributed by atoms with Crippen molar-refractivity contribution in [2.24, 2.45) is 0 Å². The summed E-state index contributed by atoms with van der Waals surface area (Å²) < 4.78 is 0. The standard InChI is InChI=1S/C2H5NO2.CH3NO2/c1-2-3(4)5;1-2(3)4/h2H2,1H3;1H3. The van der Waals surface area contributed by atoms with Crippen LogP contribution < -0.4 is 0 Å². The predicted molar refractivity (Wildman–Crippen MR) is 30.5 cm³/mol. The Kier molecular flexibility index (Phi) is 8.10. The molecular weight excluding hydrogens is 128 g/mol. The van der Waals surface area contributed by atoms with Crippen LogP contribution >= 0.6 is 0 Å². The van der Waals surface area contributed by atoms with Crippen LogP contribution in [0.1, 0.15) is 6.92 Å². The number of hydrogen-bond acceptors (Lipinski definition) is 4. The normalized spacial score (nSPS) is 6.89. The second-order valence-corrected chi connectivity index (χ2v) is 1.09. The van der Waals surface area contributed by atoms with Gasteiger partial charge < -0.3 is 0 Å². The van der Waals surface area contributed by atoms with Crippen LogP contribution in [0.2, 0.25) is 0 Å². The average molecular weight is 136 g/mol. The number of hydrogen-bond donors (Lipinski definition) is 0. The average Bonchev–Trinajstić information content (AvgIpc) is 1.65. The summed E-state index contributed by atoms with van der Waals surface area (Å²) in [4.78, 5) is 17.1. The molecule has 6 nitrogen and oxygen atoms in total. The van der Waals surface area contributed by atoms with Crippen LogP contribution in [0.15, 0.2) is 0 Å². The van der Waals surface area contributed by atoms with Crippen molar-refractivity contribution in [1.29, 1.82) is 0 Å². The Morgan fingerprint density at radius 2 is 1.44 bits per heavy atom. The maximum Gasteiger partial charge on any atom is 0.201 e. The van der Waals surface area contributed by atoms with Crippen LogP contribution in [0.3, 0.4) is 0 Å². The molecule has 0 fully saturated rings. The third-order valence-corrected chi connectivity index (χ3v) is 0.258. The minimum Gasteiger partial charge on any atom is -0.265 e. The summed E-state index contributed by atoms with van der Waals surface area (Å²) in [7, 11) is 0.889. The number of nitrogens with zero attached hydrogens (tertiary/aromatic N) is 2. The van der Waals surface area contributed by atoms with Crippen molar-refractivity contribution < 1.29 is 9.85 Å². The Morgan fingerprint density at radius 1 is 1.33 bits per heavy atom. The molecule has 0 amide bonds. The van der Waals surface area contributed by atoms with Crippen molar-refractivity contribution in [3.63, 3.8) is 0 Å². The molecule has 0 aliphatic carbocycles. The van der Waals surface area contributed by atoms with E-state index in [-0.39, 0.29) is 11.5 Å². The van der Waals surface area contributed by atoms with Crippen LogP contribution in [-0.4, -0.2) is 23.4 Å². The first-order chi connectivity index (χ1) is 4.00. The summed E-state index contributed by atoms with van der Waals surface area (Å²) >= 11 is 0. The molecule has 0 aliphatic rings. The minimum absolute atomic E-state index is 0.0278. The highest BCUT2D eigenvalue weighted by atomic mass is 16.6. The lowest BCUT2D eigenvalue weighted by molar-refractivity contribution is -0.475. The van der Waals surface area contributed by atoms with E-state index in [1.54, 1.807) is 0 Å². The first-order valence-electron chi connectivity index (χ1n) is 2.20. The zero-order valence-corrected chi connectivity index (χ0v) is 5.23. The smallest absolute Gasteiger partial charge is 0.201 e. The fraction of sp³-hybridized carbons (Fsp3) is 1.00. The van der Waals surface area contributed by atoms with Crippen molar-refractivity contribution in [2.75, 3.05) is 13.6 Å². The lowest BCUT2D eigenvalue weighted by Crippen LogP contribution is -1.92. The second kappa shape index (κ2) is 6.80. The maximum absolute atomic E-state index is 9.17. The van der Waals surface area contributed by atoms with Crippen LogP contribution in [0.5, 0.6) is 0 Å². The van der Waals surface area contributed by atoms with E-state index in [0.717, 1.165) is 7.05 Å². The molecule has 0 saturated heterocycles. The Labute approximate surface area is 51.8 Å². The van der Waals surface area contributed by atoms with Crippen molar-refractivity contribution in [2.45, 2.75) is 6.92 Å². The van der Waals surface area contributed by atoms with Gasteiger partial charge in [-0.3, -0.25) is 20.2 Å². The minimum atomic E-state index is -0.500. The summed E-state index contributed by atoms with van der Waals surface area (Å²) in [5, 5.41) is 18.0. The summed E-state index contributed by atoms with van der Waals surface area (Å²) in [6.45, 7) is 1.53. The van der Waals surface area contributed by atoms with Gasteiger partial charge in [-0.25, -0.2) is 0 Å². The van der Waals surface area contributed by atoms with E-state index >= 15 is 0 Å². The summed E-state index contributed by atoms with van der Waals surface area (Å²) in [5.41, 5.74) is 0. The maximum atomic E-state index is 9.17. The van der Waals surface area contributed by atoms with Gasteiger partial charge in [0.2, 0.25) is 6.54 Å². The highest BCUT2D eigenvalue weighted by Gasteiger charge is 1.76. The van der Waals surface area contributed by atoms with Crippen molar-refractivity contribution in [3.05, 3.63) is 20.2 Å². The van der Waals surface area contributed by atoms with Gasteiger partial charge in [-0.05, 0) is 0 Å². The molecule has 0 unspecified atom stereocenters. The molecule has 0 saturated carbocycles. The van der Waals surface area contributed by atoms with Gasteiger partial charge in [0.1, 0.15) is 0 Å². The third-order valence-electron chi connectivity index (χ3n) is 0.258. The molecule has 0 heterocycles. The lowest BCUT2D eigenvalue weighted by Gasteiger charge is -1.73. The van der Waals surface area contributed by atoms with E-state index in [0.29, 0.717) is 0 Å². The molecular formula is C3H8N2O4. The molecule has 0 N–H and O–H groups in total.